The molecule has 0 bridgehead atoms. The van der Waals surface area contributed by atoms with Crippen molar-refractivity contribution < 1.29 is 9.47 Å². The van der Waals surface area contributed by atoms with Crippen LogP contribution in [-0.4, -0.2) is 17.7 Å². The Bertz CT molecular complexity index is 691. The molecule has 1 heterocycles. The molecule has 0 aliphatic rings. The first-order chi connectivity index (χ1) is 12.0. The quantitative estimate of drug-likeness (QED) is 0.597. The summed E-state index contributed by atoms with van der Waals surface area (Å²) in [5, 5.41) is 0. The lowest BCUT2D eigenvalue weighted by atomic mass is 9.87. The van der Waals surface area contributed by atoms with Crippen LogP contribution in [0.4, 0.5) is 0 Å². The third-order valence-electron chi connectivity index (χ3n) is 3.47. The Labute approximate surface area is 155 Å². The number of hydrogen-bond acceptors (Lipinski definition) is 3. The molecule has 0 saturated heterocycles. The van der Waals surface area contributed by atoms with Crippen molar-refractivity contribution in [1.29, 1.82) is 0 Å². The third-order valence-corrected chi connectivity index (χ3v) is 3.64. The van der Waals surface area contributed by atoms with Crippen LogP contribution in [0.2, 0.25) is 0 Å². The zero-order chi connectivity index (χ0) is 18.1. The summed E-state index contributed by atoms with van der Waals surface area (Å²) >= 11 is 5.62. The largest absolute Gasteiger partial charge is 0.459 e. The Morgan fingerprint density at radius 2 is 1.92 bits per heavy atom. The Hall–Kier alpha value is -2.10. The second-order valence-corrected chi connectivity index (χ2v) is 6.94. The van der Waals surface area contributed by atoms with Crippen molar-refractivity contribution in [2.45, 2.75) is 26.9 Å². The van der Waals surface area contributed by atoms with Crippen molar-refractivity contribution in [3.8, 4) is 5.75 Å². The standard InChI is InChI=1S/C21H24ClNO2/c1-21(2,3)20(24-14-8-12-22)19(15-17-9-7-13-23-16-17)25-18-10-5-4-6-11-18/h4-13,15-16,20H,14H2,1-3H3. The van der Waals surface area contributed by atoms with E-state index < -0.39 is 0 Å². The van der Waals surface area contributed by atoms with Gasteiger partial charge in [0.05, 0.1) is 6.61 Å². The van der Waals surface area contributed by atoms with Crippen molar-refractivity contribution in [3.05, 3.63) is 77.8 Å². The van der Waals surface area contributed by atoms with E-state index in [1.807, 2.05) is 48.5 Å². The number of para-hydroxylation sites is 1. The summed E-state index contributed by atoms with van der Waals surface area (Å²) in [6.07, 6.45) is 7.04. The molecule has 0 fully saturated rings. The number of pyridine rings is 1. The summed E-state index contributed by atoms with van der Waals surface area (Å²) in [5.41, 5.74) is 2.25. The molecule has 4 heteroatoms. The second-order valence-electron chi connectivity index (χ2n) is 6.69. The lowest BCUT2D eigenvalue weighted by molar-refractivity contribution is 0.00170. The van der Waals surface area contributed by atoms with Crippen molar-refractivity contribution in [1.82, 2.24) is 4.98 Å². The van der Waals surface area contributed by atoms with Gasteiger partial charge in [-0.15, -0.1) is 0 Å². The van der Waals surface area contributed by atoms with Crippen LogP contribution in [-0.2, 0) is 4.74 Å². The van der Waals surface area contributed by atoms with E-state index in [1.54, 1.807) is 18.5 Å². The van der Waals surface area contributed by atoms with Gasteiger partial charge in [-0.25, -0.2) is 0 Å². The average Bonchev–Trinajstić information content (AvgIpc) is 2.59. The minimum Gasteiger partial charge on any atom is -0.459 e. The summed E-state index contributed by atoms with van der Waals surface area (Å²) < 4.78 is 12.3. The molecule has 0 saturated carbocycles. The van der Waals surface area contributed by atoms with Gasteiger partial charge in [0.2, 0.25) is 0 Å². The van der Waals surface area contributed by atoms with Gasteiger partial charge in [0, 0.05) is 17.9 Å². The highest BCUT2D eigenvalue weighted by Gasteiger charge is 2.30. The van der Waals surface area contributed by atoms with Crippen molar-refractivity contribution >= 4 is 17.7 Å². The zero-order valence-corrected chi connectivity index (χ0v) is 15.6. The summed E-state index contributed by atoms with van der Waals surface area (Å²) in [7, 11) is 0. The molecular weight excluding hydrogens is 334 g/mol. The highest BCUT2D eigenvalue weighted by atomic mass is 35.5. The maximum Gasteiger partial charge on any atom is 0.134 e. The van der Waals surface area contributed by atoms with E-state index in [9.17, 15) is 0 Å². The van der Waals surface area contributed by atoms with Crippen LogP contribution in [0.1, 0.15) is 26.3 Å². The van der Waals surface area contributed by atoms with Crippen LogP contribution in [0.5, 0.6) is 5.75 Å². The van der Waals surface area contributed by atoms with Crippen LogP contribution < -0.4 is 4.74 Å². The normalized spacial score (nSPS) is 13.8. The summed E-state index contributed by atoms with van der Waals surface area (Å²) in [5.74, 6) is 1.50. The zero-order valence-electron chi connectivity index (χ0n) is 14.9. The number of rotatable bonds is 7. The molecule has 1 atom stereocenters. The molecule has 0 radical (unpaired) electrons. The van der Waals surface area contributed by atoms with Gasteiger partial charge in [-0.1, -0.05) is 56.6 Å². The van der Waals surface area contributed by atoms with Gasteiger partial charge in [0.25, 0.3) is 0 Å². The Balaban J connectivity index is 2.38. The molecule has 0 aliphatic heterocycles. The van der Waals surface area contributed by atoms with E-state index in [2.05, 4.69) is 25.8 Å². The first kappa shape index (κ1) is 19.2. The number of aromatic nitrogens is 1. The average molecular weight is 358 g/mol. The fourth-order valence-corrected chi connectivity index (χ4v) is 2.43. The van der Waals surface area contributed by atoms with Crippen molar-refractivity contribution in [3.63, 3.8) is 0 Å². The van der Waals surface area contributed by atoms with Gasteiger partial charge in [-0.2, -0.15) is 0 Å². The maximum absolute atomic E-state index is 6.19. The molecule has 0 N–H and O–H groups in total. The summed E-state index contributed by atoms with van der Waals surface area (Å²) in [4.78, 5) is 4.17. The maximum atomic E-state index is 6.19. The molecule has 1 unspecified atom stereocenters. The minimum absolute atomic E-state index is 0.164. The molecule has 132 valence electrons. The monoisotopic (exact) mass is 357 g/mol. The topological polar surface area (TPSA) is 31.4 Å². The van der Waals surface area contributed by atoms with Gasteiger partial charge >= 0.3 is 0 Å². The lowest BCUT2D eigenvalue weighted by Gasteiger charge is -2.32. The Morgan fingerprint density at radius 3 is 2.52 bits per heavy atom. The predicted octanol–water partition coefficient (Wildman–Crippen LogP) is 5.69. The molecular formula is C21H24ClNO2. The van der Waals surface area contributed by atoms with E-state index in [-0.39, 0.29) is 11.5 Å². The molecule has 1 aromatic carbocycles. The molecule has 25 heavy (non-hydrogen) atoms. The van der Waals surface area contributed by atoms with Gasteiger partial charge in [0.1, 0.15) is 17.6 Å². The molecule has 2 rings (SSSR count). The highest BCUT2D eigenvalue weighted by Crippen LogP contribution is 2.31. The van der Waals surface area contributed by atoms with Crippen molar-refractivity contribution in [2.24, 2.45) is 5.41 Å². The first-order valence-electron chi connectivity index (χ1n) is 8.22. The Kier molecular flexibility index (Phi) is 7.23. The van der Waals surface area contributed by atoms with Crippen LogP contribution in [0.15, 0.2) is 72.2 Å². The minimum atomic E-state index is -0.249. The number of hydrogen-bond donors (Lipinski definition) is 0. The predicted molar refractivity (Wildman–Crippen MR) is 103 cm³/mol. The van der Waals surface area contributed by atoms with Gasteiger partial charge in [-0.3, -0.25) is 4.98 Å². The number of halogens is 1. The summed E-state index contributed by atoms with van der Waals surface area (Å²) in [6, 6.07) is 13.6. The van der Waals surface area contributed by atoms with Crippen molar-refractivity contribution in [2.75, 3.05) is 6.61 Å². The number of benzene rings is 1. The molecule has 0 spiro atoms. The second kappa shape index (κ2) is 9.40. The van der Waals surface area contributed by atoms with E-state index in [0.717, 1.165) is 17.1 Å². The van der Waals surface area contributed by atoms with Gasteiger partial charge in [-0.05, 0) is 41.3 Å². The SMILES string of the molecule is CC(C)(C)C(OCC=CCl)C(=Cc1cccnc1)Oc1ccccc1. The smallest absolute Gasteiger partial charge is 0.134 e. The highest BCUT2D eigenvalue weighted by molar-refractivity contribution is 6.25. The summed E-state index contributed by atoms with van der Waals surface area (Å²) in [6.45, 7) is 6.77. The van der Waals surface area contributed by atoms with Gasteiger partial charge < -0.3 is 9.47 Å². The van der Waals surface area contributed by atoms with E-state index >= 15 is 0 Å². The number of ether oxygens (including phenoxy) is 2. The first-order valence-corrected chi connectivity index (χ1v) is 8.65. The Morgan fingerprint density at radius 1 is 1.16 bits per heavy atom. The van der Waals surface area contributed by atoms with Crippen LogP contribution >= 0.6 is 11.6 Å². The van der Waals surface area contributed by atoms with Gasteiger partial charge in [0.15, 0.2) is 0 Å². The third kappa shape index (κ3) is 6.37. The number of nitrogens with zero attached hydrogens (tertiary/aromatic N) is 1. The van der Waals surface area contributed by atoms with E-state index in [0.29, 0.717) is 6.61 Å². The fourth-order valence-electron chi connectivity index (χ4n) is 2.36. The van der Waals surface area contributed by atoms with Crippen LogP contribution in [0.25, 0.3) is 6.08 Å². The van der Waals surface area contributed by atoms with Crippen LogP contribution in [0.3, 0.4) is 0 Å². The molecule has 0 amide bonds. The lowest BCUT2D eigenvalue weighted by Crippen LogP contribution is -2.33. The van der Waals surface area contributed by atoms with Crippen LogP contribution in [0, 0.1) is 5.41 Å². The van der Waals surface area contributed by atoms with E-state index in [4.69, 9.17) is 21.1 Å². The molecule has 2 aromatic rings. The fraction of sp³-hybridized carbons (Fsp3) is 0.286. The molecule has 0 aliphatic carbocycles. The molecule has 3 nitrogen and oxygen atoms in total. The molecule has 1 aromatic heterocycles. The van der Waals surface area contributed by atoms with E-state index in [1.165, 1.54) is 5.54 Å².